The summed E-state index contributed by atoms with van der Waals surface area (Å²) < 4.78 is 5.50. The molecule has 0 amide bonds. The maximum absolute atomic E-state index is 5.83. The molecule has 4 nitrogen and oxygen atoms in total. The number of hydrogen-bond donors (Lipinski definition) is 1. The van der Waals surface area contributed by atoms with E-state index in [2.05, 4.69) is 41.3 Å². The van der Waals surface area contributed by atoms with E-state index < -0.39 is 0 Å². The van der Waals surface area contributed by atoms with Crippen molar-refractivity contribution in [1.82, 2.24) is 10.1 Å². The van der Waals surface area contributed by atoms with E-state index in [1.54, 1.807) is 0 Å². The van der Waals surface area contributed by atoms with Gasteiger partial charge < -0.3 is 10.3 Å². The third-order valence-corrected chi connectivity index (χ3v) is 4.41. The highest BCUT2D eigenvalue weighted by molar-refractivity contribution is 5.36. The molecule has 0 saturated carbocycles. The van der Waals surface area contributed by atoms with E-state index in [-0.39, 0.29) is 11.8 Å². The van der Waals surface area contributed by atoms with E-state index in [9.17, 15) is 0 Å². The van der Waals surface area contributed by atoms with Crippen molar-refractivity contribution in [3.8, 4) is 0 Å². The van der Waals surface area contributed by atoms with Crippen LogP contribution in [0.4, 0.5) is 0 Å². The van der Waals surface area contributed by atoms with Gasteiger partial charge in [0.2, 0.25) is 5.89 Å². The highest BCUT2D eigenvalue weighted by Gasteiger charge is 2.27. The Morgan fingerprint density at radius 1 is 1.38 bits per heavy atom. The molecule has 2 atom stereocenters. The van der Waals surface area contributed by atoms with Crippen LogP contribution in [0.25, 0.3) is 0 Å². The molecule has 4 heteroatoms. The monoisotopic (exact) mass is 285 g/mol. The van der Waals surface area contributed by atoms with Crippen LogP contribution in [0.15, 0.2) is 28.8 Å². The molecule has 0 radical (unpaired) electrons. The molecule has 0 aliphatic heterocycles. The molecule has 112 valence electrons. The first-order chi connectivity index (χ1) is 10.3. The minimum atomic E-state index is 0.190. The van der Waals surface area contributed by atoms with E-state index in [4.69, 9.17) is 10.3 Å². The lowest BCUT2D eigenvalue weighted by molar-refractivity contribution is 0.341. The summed E-state index contributed by atoms with van der Waals surface area (Å²) in [6.45, 7) is 2.72. The predicted molar refractivity (Wildman–Crippen MR) is 82.2 cm³/mol. The fraction of sp³-hybridized carbons (Fsp3) is 0.529. The van der Waals surface area contributed by atoms with Crippen molar-refractivity contribution in [2.75, 3.05) is 6.54 Å². The Kier molecular flexibility index (Phi) is 4.34. The van der Waals surface area contributed by atoms with Gasteiger partial charge in [0.1, 0.15) is 0 Å². The zero-order valence-electron chi connectivity index (χ0n) is 12.6. The van der Waals surface area contributed by atoms with Gasteiger partial charge >= 0.3 is 0 Å². The number of aromatic nitrogens is 2. The van der Waals surface area contributed by atoms with Crippen LogP contribution in [0.1, 0.15) is 67.3 Å². The quantitative estimate of drug-likeness (QED) is 0.914. The Morgan fingerprint density at radius 2 is 2.24 bits per heavy atom. The maximum Gasteiger partial charge on any atom is 0.231 e. The Bertz CT molecular complexity index is 593. The minimum absolute atomic E-state index is 0.190. The van der Waals surface area contributed by atoms with E-state index in [0.717, 1.165) is 31.5 Å². The highest BCUT2D eigenvalue weighted by atomic mass is 16.5. The number of rotatable bonds is 5. The second-order valence-electron chi connectivity index (χ2n) is 5.86. The maximum atomic E-state index is 5.83. The van der Waals surface area contributed by atoms with Crippen LogP contribution in [-0.4, -0.2) is 16.7 Å². The predicted octanol–water partition coefficient (Wildman–Crippen LogP) is 3.38. The van der Waals surface area contributed by atoms with Crippen molar-refractivity contribution in [3.63, 3.8) is 0 Å². The van der Waals surface area contributed by atoms with Gasteiger partial charge in [-0.2, -0.15) is 4.98 Å². The summed E-state index contributed by atoms with van der Waals surface area (Å²) in [7, 11) is 0. The first kappa shape index (κ1) is 14.3. The lowest BCUT2D eigenvalue weighted by Crippen LogP contribution is -2.14. The summed E-state index contributed by atoms with van der Waals surface area (Å²) >= 11 is 0. The van der Waals surface area contributed by atoms with Gasteiger partial charge in [-0.25, -0.2) is 0 Å². The molecular formula is C17H23N3O. The molecule has 1 aromatic heterocycles. The Morgan fingerprint density at radius 3 is 3.05 bits per heavy atom. The standard InChI is InChI=1S/C17H23N3O/c1-2-6-13(11-18)17-19-16(20-21-17)15-10-5-8-12-7-3-4-9-14(12)15/h3-4,7,9,13,15H,2,5-6,8,10-11,18H2,1H3. The summed E-state index contributed by atoms with van der Waals surface area (Å²) in [6.07, 6.45) is 5.50. The van der Waals surface area contributed by atoms with Crippen molar-refractivity contribution in [2.45, 2.75) is 50.9 Å². The van der Waals surface area contributed by atoms with Crippen LogP contribution < -0.4 is 5.73 Å². The zero-order valence-corrected chi connectivity index (χ0v) is 12.6. The van der Waals surface area contributed by atoms with Gasteiger partial charge in [0, 0.05) is 12.5 Å². The molecule has 0 bridgehead atoms. The zero-order chi connectivity index (χ0) is 14.7. The Hall–Kier alpha value is -1.68. The van der Waals surface area contributed by atoms with E-state index in [1.165, 1.54) is 17.5 Å². The molecule has 21 heavy (non-hydrogen) atoms. The third kappa shape index (κ3) is 2.86. The lowest BCUT2D eigenvalue weighted by atomic mass is 9.82. The molecule has 0 saturated heterocycles. The van der Waals surface area contributed by atoms with Crippen LogP contribution in [0.3, 0.4) is 0 Å². The van der Waals surface area contributed by atoms with Crippen molar-refractivity contribution in [2.24, 2.45) is 5.73 Å². The number of nitrogens with two attached hydrogens (primary N) is 1. The van der Waals surface area contributed by atoms with Crippen LogP contribution in [-0.2, 0) is 6.42 Å². The van der Waals surface area contributed by atoms with Gasteiger partial charge in [-0.3, -0.25) is 0 Å². The first-order valence-corrected chi connectivity index (χ1v) is 7.94. The van der Waals surface area contributed by atoms with Gasteiger partial charge in [-0.1, -0.05) is 42.8 Å². The Labute approximate surface area is 125 Å². The molecule has 1 aliphatic carbocycles. The topological polar surface area (TPSA) is 64.9 Å². The second-order valence-corrected chi connectivity index (χ2v) is 5.86. The van der Waals surface area contributed by atoms with Crippen molar-refractivity contribution >= 4 is 0 Å². The smallest absolute Gasteiger partial charge is 0.231 e. The van der Waals surface area contributed by atoms with Gasteiger partial charge in [0.15, 0.2) is 5.82 Å². The molecule has 2 aromatic rings. The summed E-state index contributed by atoms with van der Waals surface area (Å²) in [5.41, 5.74) is 8.61. The van der Waals surface area contributed by atoms with Gasteiger partial charge in [-0.15, -0.1) is 0 Å². The SMILES string of the molecule is CCCC(CN)c1nc(C2CCCc3ccccc32)no1. The molecule has 1 aromatic carbocycles. The average Bonchev–Trinajstić information content (AvgIpc) is 3.01. The number of hydrogen-bond acceptors (Lipinski definition) is 4. The molecule has 0 spiro atoms. The summed E-state index contributed by atoms with van der Waals surface area (Å²) in [5.74, 6) is 1.99. The summed E-state index contributed by atoms with van der Waals surface area (Å²) in [5, 5.41) is 4.25. The molecular weight excluding hydrogens is 262 g/mol. The summed E-state index contributed by atoms with van der Waals surface area (Å²) in [4.78, 5) is 4.66. The first-order valence-electron chi connectivity index (χ1n) is 7.94. The summed E-state index contributed by atoms with van der Waals surface area (Å²) in [6, 6.07) is 8.61. The second kappa shape index (κ2) is 6.39. The number of aryl methyl sites for hydroxylation is 1. The largest absolute Gasteiger partial charge is 0.339 e. The lowest BCUT2D eigenvalue weighted by Gasteiger charge is -2.22. The van der Waals surface area contributed by atoms with Crippen molar-refractivity contribution < 1.29 is 4.52 Å². The molecule has 3 rings (SSSR count). The van der Waals surface area contributed by atoms with Crippen LogP contribution in [0.2, 0.25) is 0 Å². The normalized spacial score (nSPS) is 19.2. The van der Waals surface area contributed by atoms with E-state index >= 15 is 0 Å². The van der Waals surface area contributed by atoms with Crippen molar-refractivity contribution in [1.29, 1.82) is 0 Å². The molecule has 1 heterocycles. The fourth-order valence-corrected chi connectivity index (χ4v) is 3.27. The fourth-order valence-electron chi connectivity index (χ4n) is 3.27. The number of benzene rings is 1. The minimum Gasteiger partial charge on any atom is -0.339 e. The van der Waals surface area contributed by atoms with E-state index in [0.29, 0.717) is 12.4 Å². The van der Waals surface area contributed by atoms with Gasteiger partial charge in [0.05, 0.1) is 5.92 Å². The van der Waals surface area contributed by atoms with Crippen LogP contribution in [0, 0.1) is 0 Å². The van der Waals surface area contributed by atoms with Gasteiger partial charge in [-0.05, 0) is 36.8 Å². The Balaban J connectivity index is 1.87. The molecule has 2 N–H and O–H groups in total. The molecule has 1 aliphatic rings. The van der Waals surface area contributed by atoms with Gasteiger partial charge in [0.25, 0.3) is 0 Å². The van der Waals surface area contributed by atoms with Crippen LogP contribution in [0.5, 0.6) is 0 Å². The van der Waals surface area contributed by atoms with E-state index in [1.807, 2.05) is 0 Å². The highest BCUT2D eigenvalue weighted by Crippen LogP contribution is 2.35. The number of fused-ring (bicyclic) bond motifs is 1. The number of nitrogens with zero attached hydrogens (tertiary/aromatic N) is 2. The van der Waals surface area contributed by atoms with Crippen molar-refractivity contribution in [3.05, 3.63) is 47.1 Å². The average molecular weight is 285 g/mol. The molecule has 0 fully saturated rings. The van der Waals surface area contributed by atoms with Crippen LogP contribution >= 0.6 is 0 Å². The third-order valence-electron chi connectivity index (χ3n) is 4.41. The molecule has 2 unspecified atom stereocenters.